The molecule has 6 nitrogen and oxygen atoms in total. The Balaban J connectivity index is 1.73. The number of rotatable bonds is 6. The van der Waals surface area contributed by atoms with E-state index >= 15 is 0 Å². The van der Waals surface area contributed by atoms with Gasteiger partial charge in [0.2, 0.25) is 5.91 Å². The number of aromatic nitrogens is 3. The van der Waals surface area contributed by atoms with Gasteiger partial charge in [0, 0.05) is 12.0 Å². The molecule has 0 aliphatic rings. The lowest BCUT2D eigenvalue weighted by Gasteiger charge is -2.16. The van der Waals surface area contributed by atoms with Crippen molar-refractivity contribution in [3.63, 3.8) is 0 Å². The molecule has 0 unspecified atom stereocenters. The first-order valence-corrected chi connectivity index (χ1v) is 8.38. The van der Waals surface area contributed by atoms with E-state index in [0.717, 1.165) is 23.9 Å². The summed E-state index contributed by atoms with van der Waals surface area (Å²) in [5.74, 6) is -0.698. The molecule has 3 aromatic rings. The van der Waals surface area contributed by atoms with Gasteiger partial charge >= 0.3 is 0 Å². The van der Waals surface area contributed by atoms with Crippen LogP contribution < -0.4 is 5.32 Å². The first-order valence-electron chi connectivity index (χ1n) is 8.38. The first kappa shape index (κ1) is 16.8. The normalized spacial score (nSPS) is 12.0. The maximum Gasteiger partial charge on any atom is 0.257 e. The number of carbonyl (C=O) groups is 2. The summed E-state index contributed by atoms with van der Waals surface area (Å²) < 4.78 is 1.78. The molecule has 0 saturated carbocycles. The molecule has 2 amide bonds. The minimum Gasteiger partial charge on any atom is -0.292 e. The minimum atomic E-state index is -0.385. The maximum atomic E-state index is 12.3. The molecule has 0 fully saturated rings. The standard InChI is InChI=1S/C19H20N4O2/c1-2-8-15(23-17-12-7-6-11-16(17)21-22-23)13-18(24)20-19(25)14-9-4-3-5-10-14/h3-7,9-12,15H,2,8,13H2,1H3,(H,20,24,25)/t15-/m1/s1. The Hall–Kier alpha value is -3.02. The highest BCUT2D eigenvalue weighted by Crippen LogP contribution is 2.22. The summed E-state index contributed by atoms with van der Waals surface area (Å²) >= 11 is 0. The molecular weight excluding hydrogens is 316 g/mol. The largest absolute Gasteiger partial charge is 0.292 e. The lowest BCUT2D eigenvalue weighted by molar-refractivity contribution is -0.121. The van der Waals surface area contributed by atoms with Crippen molar-refractivity contribution in [2.75, 3.05) is 0 Å². The van der Waals surface area contributed by atoms with Crippen LogP contribution in [0.25, 0.3) is 11.0 Å². The smallest absolute Gasteiger partial charge is 0.257 e. The summed E-state index contributed by atoms with van der Waals surface area (Å²) in [6.45, 7) is 2.05. The number of para-hydroxylation sites is 1. The van der Waals surface area contributed by atoms with Gasteiger partial charge in [-0.2, -0.15) is 0 Å². The van der Waals surface area contributed by atoms with E-state index in [1.165, 1.54) is 0 Å². The highest BCUT2D eigenvalue weighted by Gasteiger charge is 2.20. The number of nitrogens with zero attached hydrogens (tertiary/aromatic N) is 3. The van der Waals surface area contributed by atoms with Crippen LogP contribution in [0.2, 0.25) is 0 Å². The molecule has 1 N–H and O–H groups in total. The van der Waals surface area contributed by atoms with Gasteiger partial charge in [0.1, 0.15) is 5.52 Å². The highest BCUT2D eigenvalue weighted by atomic mass is 16.2. The van der Waals surface area contributed by atoms with Crippen molar-refractivity contribution < 1.29 is 9.59 Å². The number of hydrogen-bond donors (Lipinski definition) is 1. The summed E-state index contributed by atoms with van der Waals surface area (Å²) in [7, 11) is 0. The topological polar surface area (TPSA) is 76.9 Å². The maximum absolute atomic E-state index is 12.3. The molecule has 0 bridgehead atoms. The molecule has 0 spiro atoms. The second kappa shape index (κ2) is 7.70. The van der Waals surface area contributed by atoms with Crippen molar-refractivity contribution in [3.05, 3.63) is 60.2 Å². The van der Waals surface area contributed by atoms with Crippen LogP contribution in [0.15, 0.2) is 54.6 Å². The third-order valence-electron chi connectivity index (χ3n) is 4.06. The van der Waals surface area contributed by atoms with Crippen LogP contribution in [0.3, 0.4) is 0 Å². The summed E-state index contributed by atoms with van der Waals surface area (Å²) in [6.07, 6.45) is 1.86. The molecule has 3 rings (SSSR count). The van der Waals surface area contributed by atoms with E-state index in [0.29, 0.717) is 5.56 Å². The van der Waals surface area contributed by atoms with Crippen LogP contribution in [0.1, 0.15) is 42.6 Å². The summed E-state index contributed by atoms with van der Waals surface area (Å²) in [5, 5.41) is 10.8. The third kappa shape index (κ3) is 3.91. The summed E-state index contributed by atoms with van der Waals surface area (Å²) in [5.41, 5.74) is 2.15. The Bertz CT molecular complexity index is 873. The van der Waals surface area contributed by atoms with Crippen molar-refractivity contribution in [1.29, 1.82) is 0 Å². The monoisotopic (exact) mass is 336 g/mol. The number of fused-ring (bicyclic) bond motifs is 1. The van der Waals surface area contributed by atoms with Gasteiger partial charge in [-0.1, -0.05) is 48.9 Å². The molecule has 1 aromatic heterocycles. The van der Waals surface area contributed by atoms with Crippen molar-refractivity contribution >= 4 is 22.8 Å². The predicted molar refractivity (Wildman–Crippen MR) is 95.0 cm³/mol. The van der Waals surface area contributed by atoms with Gasteiger partial charge in [-0.25, -0.2) is 4.68 Å². The van der Waals surface area contributed by atoms with Crippen molar-refractivity contribution in [2.24, 2.45) is 0 Å². The predicted octanol–water partition coefficient (Wildman–Crippen LogP) is 3.12. The van der Waals surface area contributed by atoms with Crippen LogP contribution in [-0.4, -0.2) is 26.8 Å². The Morgan fingerprint density at radius 2 is 1.80 bits per heavy atom. The van der Waals surface area contributed by atoms with E-state index in [4.69, 9.17) is 0 Å². The fourth-order valence-electron chi connectivity index (χ4n) is 2.85. The molecule has 0 radical (unpaired) electrons. The molecule has 2 aromatic carbocycles. The van der Waals surface area contributed by atoms with Gasteiger partial charge in [0.15, 0.2) is 0 Å². The van der Waals surface area contributed by atoms with Crippen molar-refractivity contribution in [3.8, 4) is 0 Å². The Labute approximate surface area is 145 Å². The van der Waals surface area contributed by atoms with Crippen LogP contribution in [-0.2, 0) is 4.79 Å². The van der Waals surface area contributed by atoms with E-state index in [2.05, 4.69) is 22.6 Å². The minimum absolute atomic E-state index is 0.138. The van der Waals surface area contributed by atoms with E-state index in [9.17, 15) is 9.59 Å². The van der Waals surface area contributed by atoms with Crippen LogP contribution in [0.5, 0.6) is 0 Å². The van der Waals surface area contributed by atoms with Crippen LogP contribution >= 0.6 is 0 Å². The number of benzene rings is 2. The fourth-order valence-corrected chi connectivity index (χ4v) is 2.85. The van der Waals surface area contributed by atoms with E-state index in [1.54, 1.807) is 28.9 Å². The molecular formula is C19H20N4O2. The molecule has 0 aliphatic carbocycles. The van der Waals surface area contributed by atoms with Gasteiger partial charge in [-0.15, -0.1) is 5.10 Å². The zero-order valence-corrected chi connectivity index (χ0v) is 14.1. The fraction of sp³-hybridized carbons (Fsp3) is 0.263. The molecule has 25 heavy (non-hydrogen) atoms. The number of hydrogen-bond acceptors (Lipinski definition) is 4. The molecule has 1 heterocycles. The Morgan fingerprint density at radius 3 is 2.56 bits per heavy atom. The SMILES string of the molecule is CCC[C@H](CC(=O)NC(=O)c1ccccc1)n1nnc2ccccc21. The number of imide groups is 1. The van der Waals surface area contributed by atoms with E-state index in [1.807, 2.05) is 30.3 Å². The lowest BCUT2D eigenvalue weighted by Crippen LogP contribution is -2.32. The average molecular weight is 336 g/mol. The van der Waals surface area contributed by atoms with Crippen LogP contribution in [0.4, 0.5) is 0 Å². The van der Waals surface area contributed by atoms with Crippen molar-refractivity contribution in [1.82, 2.24) is 20.3 Å². The molecule has 0 saturated heterocycles. The van der Waals surface area contributed by atoms with Gasteiger partial charge in [0.25, 0.3) is 5.91 Å². The first-order chi connectivity index (χ1) is 12.2. The van der Waals surface area contributed by atoms with Gasteiger partial charge in [0.05, 0.1) is 11.6 Å². The Kier molecular flexibility index (Phi) is 5.18. The number of amides is 2. The number of nitrogens with one attached hydrogen (secondary N) is 1. The second-order valence-corrected chi connectivity index (χ2v) is 5.91. The van der Waals surface area contributed by atoms with Gasteiger partial charge in [-0.3, -0.25) is 14.9 Å². The second-order valence-electron chi connectivity index (χ2n) is 5.91. The van der Waals surface area contributed by atoms with Crippen LogP contribution in [0, 0.1) is 0 Å². The Morgan fingerprint density at radius 1 is 1.08 bits per heavy atom. The molecule has 0 aliphatic heterocycles. The summed E-state index contributed by atoms with van der Waals surface area (Å²) in [4.78, 5) is 24.5. The molecule has 1 atom stereocenters. The highest BCUT2D eigenvalue weighted by molar-refractivity contribution is 6.04. The summed E-state index contributed by atoms with van der Waals surface area (Å²) in [6, 6.07) is 16.2. The van der Waals surface area contributed by atoms with Gasteiger partial charge < -0.3 is 0 Å². The average Bonchev–Trinajstić information content (AvgIpc) is 3.06. The quantitative estimate of drug-likeness (QED) is 0.750. The third-order valence-corrected chi connectivity index (χ3v) is 4.06. The zero-order valence-electron chi connectivity index (χ0n) is 14.1. The zero-order chi connectivity index (χ0) is 17.6. The lowest BCUT2D eigenvalue weighted by atomic mass is 10.1. The van der Waals surface area contributed by atoms with E-state index in [-0.39, 0.29) is 24.3 Å². The number of carbonyl (C=O) groups excluding carboxylic acids is 2. The van der Waals surface area contributed by atoms with E-state index < -0.39 is 0 Å². The van der Waals surface area contributed by atoms with Crippen molar-refractivity contribution in [2.45, 2.75) is 32.2 Å². The molecule has 6 heteroatoms. The van der Waals surface area contributed by atoms with Gasteiger partial charge in [-0.05, 0) is 30.7 Å². The molecule has 128 valence electrons.